The van der Waals surface area contributed by atoms with Crippen molar-refractivity contribution in [3.8, 4) is 0 Å². The van der Waals surface area contributed by atoms with Gasteiger partial charge in [0, 0.05) is 24.8 Å². The van der Waals surface area contributed by atoms with E-state index in [2.05, 4.69) is 53.8 Å². The van der Waals surface area contributed by atoms with Gasteiger partial charge in [0.2, 0.25) is 0 Å². The highest BCUT2D eigenvalue weighted by Gasteiger charge is 2.26. The highest BCUT2D eigenvalue weighted by Crippen LogP contribution is 2.21. The van der Waals surface area contributed by atoms with E-state index in [1.54, 1.807) is 0 Å². The Balaban J connectivity index is 2.02. The molecule has 1 fully saturated rings. The van der Waals surface area contributed by atoms with Crippen LogP contribution in [0.25, 0.3) is 0 Å². The third kappa shape index (κ3) is 2.78. The highest BCUT2D eigenvalue weighted by molar-refractivity contribution is 5.40. The van der Waals surface area contributed by atoms with E-state index >= 15 is 0 Å². The molecule has 1 atom stereocenters. The van der Waals surface area contributed by atoms with Crippen molar-refractivity contribution in [3.63, 3.8) is 0 Å². The Bertz CT molecular complexity index is 360. The molecule has 1 saturated heterocycles. The molecule has 0 N–H and O–H groups in total. The maximum atomic E-state index is 4.61. The topological polar surface area (TPSA) is 19.4 Å². The summed E-state index contributed by atoms with van der Waals surface area (Å²) in [6.45, 7) is 11.1. The molecule has 0 bridgehead atoms. The fourth-order valence-corrected chi connectivity index (χ4v) is 2.69. The van der Waals surface area contributed by atoms with E-state index in [-0.39, 0.29) is 0 Å². The molecule has 3 nitrogen and oxygen atoms in total. The number of hydrogen-bond acceptors (Lipinski definition) is 3. The zero-order valence-electron chi connectivity index (χ0n) is 11.2. The number of rotatable bonds is 4. The first-order valence-corrected chi connectivity index (χ1v) is 6.67. The third-order valence-corrected chi connectivity index (χ3v) is 3.69. The molecule has 1 aliphatic heterocycles. The number of hydrogen-bond donors (Lipinski definition) is 0. The normalized spacial score (nSPS) is 20.2. The first-order chi connectivity index (χ1) is 8.24. The minimum Gasteiger partial charge on any atom is -0.355 e. The van der Waals surface area contributed by atoms with Gasteiger partial charge in [-0.05, 0) is 38.6 Å². The number of pyridine rings is 1. The lowest BCUT2D eigenvalue weighted by Gasteiger charge is -2.26. The Morgan fingerprint density at radius 2 is 2.12 bits per heavy atom. The summed E-state index contributed by atoms with van der Waals surface area (Å²) in [5, 5.41) is 0. The van der Waals surface area contributed by atoms with E-state index in [9.17, 15) is 0 Å². The smallest absolute Gasteiger partial charge is 0.128 e. The van der Waals surface area contributed by atoms with Gasteiger partial charge in [-0.3, -0.25) is 4.90 Å². The Kier molecular flexibility index (Phi) is 4.00. The predicted molar refractivity (Wildman–Crippen MR) is 72.5 cm³/mol. The predicted octanol–water partition coefficient (Wildman–Crippen LogP) is 2.31. The molecule has 0 spiro atoms. The third-order valence-electron chi connectivity index (χ3n) is 3.69. The van der Waals surface area contributed by atoms with Crippen molar-refractivity contribution in [2.45, 2.75) is 33.2 Å². The van der Waals surface area contributed by atoms with E-state index in [0.29, 0.717) is 6.04 Å². The average Bonchev–Trinajstić information content (AvgIpc) is 2.80. The van der Waals surface area contributed by atoms with Crippen LogP contribution in [0.1, 0.15) is 26.0 Å². The van der Waals surface area contributed by atoms with Crippen molar-refractivity contribution < 1.29 is 0 Å². The second-order valence-corrected chi connectivity index (χ2v) is 4.75. The number of likely N-dealkylation sites (N-methyl/N-ethyl adjacent to an activating group) is 1. The highest BCUT2D eigenvalue weighted by atomic mass is 15.3. The lowest BCUT2D eigenvalue weighted by molar-refractivity contribution is 0.232. The fraction of sp³-hybridized carbons (Fsp3) is 0.643. The largest absolute Gasteiger partial charge is 0.355 e. The summed E-state index contributed by atoms with van der Waals surface area (Å²) in [7, 11) is 0. The number of aromatic nitrogens is 1. The van der Waals surface area contributed by atoms with E-state index in [1.165, 1.54) is 6.42 Å². The maximum Gasteiger partial charge on any atom is 0.128 e. The Labute approximate surface area is 104 Å². The average molecular weight is 233 g/mol. The van der Waals surface area contributed by atoms with Crippen molar-refractivity contribution in [2.24, 2.45) is 0 Å². The van der Waals surface area contributed by atoms with Crippen LogP contribution in [0.2, 0.25) is 0 Å². The van der Waals surface area contributed by atoms with Crippen molar-refractivity contribution in [3.05, 3.63) is 23.9 Å². The molecular formula is C14H23N3. The maximum absolute atomic E-state index is 4.61. The summed E-state index contributed by atoms with van der Waals surface area (Å²) in [4.78, 5) is 9.57. The second-order valence-electron chi connectivity index (χ2n) is 4.75. The number of anilines is 1. The summed E-state index contributed by atoms with van der Waals surface area (Å²) >= 11 is 0. The van der Waals surface area contributed by atoms with Gasteiger partial charge in [-0.15, -0.1) is 0 Å². The minimum atomic E-state index is 0.701. The fourth-order valence-electron chi connectivity index (χ4n) is 2.69. The monoisotopic (exact) mass is 233 g/mol. The van der Waals surface area contributed by atoms with Crippen LogP contribution in [0, 0.1) is 6.92 Å². The van der Waals surface area contributed by atoms with Crippen molar-refractivity contribution in [2.75, 3.05) is 31.1 Å². The minimum absolute atomic E-state index is 0.701. The lowest BCUT2D eigenvalue weighted by Crippen LogP contribution is -2.37. The molecule has 3 heteroatoms. The van der Waals surface area contributed by atoms with Gasteiger partial charge in [-0.25, -0.2) is 4.98 Å². The lowest BCUT2D eigenvalue weighted by atomic mass is 10.2. The van der Waals surface area contributed by atoms with Crippen molar-refractivity contribution in [1.82, 2.24) is 9.88 Å². The Morgan fingerprint density at radius 3 is 2.76 bits per heavy atom. The van der Waals surface area contributed by atoms with Crippen LogP contribution in [-0.2, 0) is 0 Å². The summed E-state index contributed by atoms with van der Waals surface area (Å²) in [6, 6.07) is 6.98. The van der Waals surface area contributed by atoms with Crippen molar-refractivity contribution in [1.29, 1.82) is 0 Å². The van der Waals surface area contributed by atoms with Gasteiger partial charge in [0.1, 0.15) is 5.82 Å². The molecule has 0 aromatic carbocycles. The van der Waals surface area contributed by atoms with E-state index in [0.717, 1.165) is 37.7 Å². The quantitative estimate of drug-likeness (QED) is 0.795. The Morgan fingerprint density at radius 1 is 1.35 bits per heavy atom. The van der Waals surface area contributed by atoms with Gasteiger partial charge in [0.05, 0.1) is 0 Å². The van der Waals surface area contributed by atoms with E-state index < -0.39 is 0 Å². The van der Waals surface area contributed by atoms with Gasteiger partial charge in [-0.2, -0.15) is 0 Å². The van der Waals surface area contributed by atoms with Crippen LogP contribution in [-0.4, -0.2) is 42.1 Å². The molecule has 0 radical (unpaired) electrons. The van der Waals surface area contributed by atoms with Gasteiger partial charge >= 0.3 is 0 Å². The number of aryl methyl sites for hydroxylation is 1. The molecule has 0 saturated carbocycles. The molecule has 2 heterocycles. The summed E-state index contributed by atoms with van der Waals surface area (Å²) < 4.78 is 0. The molecule has 2 rings (SSSR count). The number of nitrogens with zero attached hydrogens (tertiary/aromatic N) is 3. The van der Waals surface area contributed by atoms with Gasteiger partial charge < -0.3 is 4.90 Å². The summed E-state index contributed by atoms with van der Waals surface area (Å²) in [5.41, 5.74) is 1.11. The zero-order chi connectivity index (χ0) is 12.3. The molecule has 94 valence electrons. The van der Waals surface area contributed by atoms with Gasteiger partial charge in [0.15, 0.2) is 0 Å². The summed E-state index contributed by atoms with van der Waals surface area (Å²) in [5.74, 6) is 1.14. The van der Waals surface area contributed by atoms with Gasteiger partial charge in [-0.1, -0.05) is 19.9 Å². The molecule has 1 aromatic rings. The molecule has 1 unspecified atom stereocenters. The SMILES string of the molecule is CCN(CC)C1CCN(c2cccc(C)n2)C1. The molecule has 1 aromatic heterocycles. The van der Waals surface area contributed by atoms with E-state index in [4.69, 9.17) is 0 Å². The van der Waals surface area contributed by atoms with Crippen LogP contribution in [0.4, 0.5) is 5.82 Å². The van der Waals surface area contributed by atoms with Crippen LogP contribution in [0.15, 0.2) is 18.2 Å². The summed E-state index contributed by atoms with van der Waals surface area (Å²) in [6.07, 6.45) is 1.26. The van der Waals surface area contributed by atoms with Crippen LogP contribution < -0.4 is 4.90 Å². The van der Waals surface area contributed by atoms with Crippen LogP contribution in [0.3, 0.4) is 0 Å². The molecule has 0 amide bonds. The molecule has 17 heavy (non-hydrogen) atoms. The standard InChI is InChI=1S/C14H23N3/c1-4-16(5-2)13-9-10-17(11-13)14-8-6-7-12(3)15-14/h6-8,13H,4-5,9-11H2,1-3H3. The molecular weight excluding hydrogens is 210 g/mol. The molecule has 1 aliphatic rings. The van der Waals surface area contributed by atoms with Crippen LogP contribution in [0.5, 0.6) is 0 Å². The Hall–Kier alpha value is -1.09. The van der Waals surface area contributed by atoms with Crippen LogP contribution >= 0.6 is 0 Å². The van der Waals surface area contributed by atoms with E-state index in [1.807, 2.05) is 0 Å². The zero-order valence-corrected chi connectivity index (χ0v) is 11.2. The van der Waals surface area contributed by atoms with Gasteiger partial charge in [0.25, 0.3) is 0 Å². The van der Waals surface area contributed by atoms with Crippen molar-refractivity contribution >= 4 is 5.82 Å². The first kappa shape index (κ1) is 12.4. The first-order valence-electron chi connectivity index (χ1n) is 6.67. The second kappa shape index (κ2) is 5.50. The molecule has 0 aliphatic carbocycles.